The molecule has 1 aromatic heterocycles. The van der Waals surface area contributed by atoms with Gasteiger partial charge in [0.05, 0.1) is 29.4 Å². The van der Waals surface area contributed by atoms with Crippen molar-refractivity contribution in [1.82, 2.24) is 19.0 Å². The van der Waals surface area contributed by atoms with E-state index >= 15 is 0 Å². The normalized spacial score (nSPS) is 13.3. The van der Waals surface area contributed by atoms with E-state index in [1.807, 2.05) is 27.2 Å². The van der Waals surface area contributed by atoms with Crippen molar-refractivity contribution in [1.29, 1.82) is 0 Å². The van der Waals surface area contributed by atoms with Gasteiger partial charge in [0.25, 0.3) is 5.91 Å². The van der Waals surface area contributed by atoms with Crippen molar-refractivity contribution < 1.29 is 41.0 Å². The van der Waals surface area contributed by atoms with Crippen LogP contribution in [0.5, 0.6) is 0 Å². The number of rotatable bonds is 15. The van der Waals surface area contributed by atoms with Gasteiger partial charge in [-0.05, 0) is 44.4 Å². The van der Waals surface area contributed by atoms with Crippen LogP contribution in [-0.2, 0) is 37.2 Å². The van der Waals surface area contributed by atoms with Gasteiger partial charge < -0.3 is 34.6 Å². The molecule has 3 aromatic rings. The molecule has 14 nitrogen and oxygen atoms in total. The molecular weight excluding hydrogens is 652 g/mol. The van der Waals surface area contributed by atoms with E-state index in [0.717, 1.165) is 39.9 Å². The second kappa shape index (κ2) is 16.3. The van der Waals surface area contributed by atoms with Gasteiger partial charge in [-0.25, -0.2) is 22.0 Å². The van der Waals surface area contributed by atoms with Crippen molar-refractivity contribution in [2.75, 3.05) is 96.9 Å². The second-order valence-electron chi connectivity index (χ2n) is 11.3. The molecule has 1 aliphatic rings. The lowest BCUT2D eigenvalue weighted by Crippen LogP contribution is -2.37. The fraction of sp³-hybridized carbons (Fsp3) is 0.452. The Morgan fingerprint density at radius 2 is 1.69 bits per heavy atom. The molecule has 1 aliphatic heterocycles. The van der Waals surface area contributed by atoms with Crippen molar-refractivity contribution in [3.8, 4) is 0 Å². The SMILES string of the molecule is COCCNc1cc(N(C)CCN(C)C)ccc1C(=O)Nc1nn(C(=O)OCCOC)c2c1CN(S(=O)(=O)c1cc(F)cc(F)c1)CC2. The number of amides is 1. The number of methoxy groups -OCH3 is 2. The van der Waals surface area contributed by atoms with E-state index in [-0.39, 0.29) is 49.7 Å². The summed E-state index contributed by atoms with van der Waals surface area (Å²) in [6.07, 6.45) is -0.855. The van der Waals surface area contributed by atoms with Crippen LogP contribution in [0.2, 0.25) is 0 Å². The lowest BCUT2D eigenvalue weighted by atomic mass is 10.1. The van der Waals surface area contributed by atoms with Crippen molar-refractivity contribution in [2.45, 2.75) is 17.9 Å². The molecule has 2 heterocycles. The molecule has 4 rings (SSSR count). The molecule has 1 amide bonds. The Morgan fingerprint density at radius 1 is 0.979 bits per heavy atom. The standard InChI is InChI=1S/C31H41F2N7O7S/c1-37(2)11-12-38(3)23-6-7-25(27(19-23)34-9-13-45-4)30(41)35-29-26-20-39(48(43,44)24-17-21(32)16-22(33)18-24)10-8-28(26)40(36-29)31(42)47-15-14-46-5/h6-7,16-19,34H,8-15,20H2,1-5H3,(H,35,36,41). The number of halogens is 2. The summed E-state index contributed by atoms with van der Waals surface area (Å²) in [6.45, 7) is 1.93. The van der Waals surface area contributed by atoms with Gasteiger partial charge in [-0.2, -0.15) is 8.99 Å². The Balaban J connectivity index is 1.69. The molecule has 0 saturated heterocycles. The van der Waals surface area contributed by atoms with E-state index in [1.54, 1.807) is 19.2 Å². The number of aromatic nitrogens is 2. The number of carbonyl (C=O) groups excluding carboxylic acids is 2. The first-order valence-electron chi connectivity index (χ1n) is 15.1. The Labute approximate surface area is 278 Å². The van der Waals surface area contributed by atoms with Gasteiger partial charge in [0, 0.05) is 83.4 Å². The average molecular weight is 694 g/mol. The molecule has 2 N–H and O–H groups in total. The zero-order valence-electron chi connectivity index (χ0n) is 27.6. The third kappa shape index (κ3) is 8.84. The Morgan fingerprint density at radius 3 is 2.35 bits per heavy atom. The minimum Gasteiger partial charge on any atom is -0.445 e. The van der Waals surface area contributed by atoms with E-state index in [9.17, 15) is 26.8 Å². The summed E-state index contributed by atoms with van der Waals surface area (Å²) in [5, 5.41) is 10.3. The Hall–Kier alpha value is -4.16. The monoisotopic (exact) mass is 693 g/mol. The van der Waals surface area contributed by atoms with E-state index in [1.165, 1.54) is 7.11 Å². The number of fused-ring (bicyclic) bond motifs is 1. The van der Waals surface area contributed by atoms with Crippen molar-refractivity contribution in [2.24, 2.45) is 0 Å². The van der Waals surface area contributed by atoms with Crippen LogP contribution in [0.4, 0.5) is 30.8 Å². The summed E-state index contributed by atoms with van der Waals surface area (Å²) < 4.78 is 72.2. The molecule has 0 saturated carbocycles. The van der Waals surface area contributed by atoms with Crippen molar-refractivity contribution >= 4 is 39.2 Å². The van der Waals surface area contributed by atoms with Crippen LogP contribution >= 0.6 is 0 Å². The van der Waals surface area contributed by atoms with Gasteiger partial charge >= 0.3 is 6.09 Å². The first-order chi connectivity index (χ1) is 22.8. The summed E-state index contributed by atoms with van der Waals surface area (Å²) in [6, 6.07) is 7.34. The van der Waals surface area contributed by atoms with Gasteiger partial charge in [0.1, 0.15) is 18.2 Å². The van der Waals surface area contributed by atoms with Crippen LogP contribution in [0.1, 0.15) is 21.6 Å². The highest BCUT2D eigenvalue weighted by molar-refractivity contribution is 7.89. The van der Waals surface area contributed by atoms with Crippen LogP contribution in [0.3, 0.4) is 0 Å². The molecule has 0 radical (unpaired) electrons. The van der Waals surface area contributed by atoms with E-state index in [4.69, 9.17) is 14.2 Å². The molecule has 17 heteroatoms. The number of nitrogens with one attached hydrogen (secondary N) is 2. The predicted molar refractivity (Wildman–Crippen MR) is 175 cm³/mol. The number of hydrogen-bond acceptors (Lipinski definition) is 11. The van der Waals surface area contributed by atoms with E-state index in [0.29, 0.717) is 30.6 Å². The Kier molecular flexibility index (Phi) is 12.4. The number of benzene rings is 2. The molecule has 48 heavy (non-hydrogen) atoms. The minimum atomic E-state index is -4.38. The zero-order chi connectivity index (χ0) is 35.0. The number of likely N-dealkylation sites (N-methyl/N-ethyl adjacent to an activating group) is 2. The molecule has 0 fully saturated rings. The summed E-state index contributed by atoms with van der Waals surface area (Å²) in [5.41, 5.74) is 2.19. The van der Waals surface area contributed by atoms with Gasteiger partial charge in [-0.15, -0.1) is 5.10 Å². The van der Waals surface area contributed by atoms with Crippen LogP contribution in [-0.4, -0.2) is 121 Å². The van der Waals surface area contributed by atoms with E-state index < -0.39 is 38.6 Å². The molecule has 0 bridgehead atoms. The van der Waals surface area contributed by atoms with Gasteiger partial charge in [-0.3, -0.25) is 4.79 Å². The quantitative estimate of drug-likeness (QED) is 0.227. The van der Waals surface area contributed by atoms with Crippen LogP contribution in [0.25, 0.3) is 0 Å². The average Bonchev–Trinajstić information content (AvgIpc) is 3.40. The number of anilines is 3. The smallest absolute Gasteiger partial charge is 0.435 e. The maximum Gasteiger partial charge on any atom is 0.435 e. The fourth-order valence-corrected chi connectivity index (χ4v) is 6.46. The fourth-order valence-electron chi connectivity index (χ4n) is 5.01. The lowest BCUT2D eigenvalue weighted by Gasteiger charge is -2.27. The minimum absolute atomic E-state index is 0.00753. The first kappa shape index (κ1) is 36.7. The molecular formula is C31H41F2N7O7S. The van der Waals surface area contributed by atoms with Crippen molar-refractivity contribution in [3.05, 3.63) is 64.9 Å². The van der Waals surface area contributed by atoms with Crippen LogP contribution < -0.4 is 15.5 Å². The number of sulfonamides is 1. The van der Waals surface area contributed by atoms with Gasteiger partial charge in [-0.1, -0.05) is 0 Å². The summed E-state index contributed by atoms with van der Waals surface area (Å²) in [4.78, 5) is 30.4. The lowest BCUT2D eigenvalue weighted by molar-refractivity contribution is 0.0967. The summed E-state index contributed by atoms with van der Waals surface area (Å²) in [5.74, 6) is -2.74. The number of ether oxygens (including phenoxy) is 3. The van der Waals surface area contributed by atoms with Crippen LogP contribution in [0.15, 0.2) is 41.3 Å². The number of carbonyl (C=O) groups is 2. The topological polar surface area (TPSA) is 148 Å². The second-order valence-corrected chi connectivity index (χ2v) is 13.3. The maximum atomic E-state index is 14.0. The highest BCUT2D eigenvalue weighted by atomic mass is 32.2. The molecule has 0 atom stereocenters. The summed E-state index contributed by atoms with van der Waals surface area (Å²) in [7, 11) is 4.54. The Bertz CT molecular complexity index is 1700. The third-order valence-corrected chi connectivity index (χ3v) is 9.43. The van der Waals surface area contributed by atoms with E-state index in [2.05, 4.69) is 25.5 Å². The zero-order valence-corrected chi connectivity index (χ0v) is 28.4. The molecule has 0 unspecified atom stereocenters. The van der Waals surface area contributed by atoms with Gasteiger partial charge in [0.2, 0.25) is 10.0 Å². The maximum absolute atomic E-state index is 14.0. The number of nitrogens with zero attached hydrogens (tertiary/aromatic N) is 5. The summed E-state index contributed by atoms with van der Waals surface area (Å²) >= 11 is 0. The molecule has 0 aliphatic carbocycles. The number of hydrogen-bond donors (Lipinski definition) is 2. The largest absolute Gasteiger partial charge is 0.445 e. The molecule has 2 aromatic carbocycles. The van der Waals surface area contributed by atoms with Crippen molar-refractivity contribution in [3.63, 3.8) is 0 Å². The van der Waals surface area contributed by atoms with Crippen LogP contribution in [0, 0.1) is 11.6 Å². The highest BCUT2D eigenvalue weighted by Gasteiger charge is 2.35. The van der Waals surface area contributed by atoms with Gasteiger partial charge in [0.15, 0.2) is 5.82 Å². The molecule has 0 spiro atoms. The highest BCUT2D eigenvalue weighted by Crippen LogP contribution is 2.32. The predicted octanol–water partition coefficient (Wildman–Crippen LogP) is 2.85. The molecule has 262 valence electrons. The first-order valence-corrected chi connectivity index (χ1v) is 16.6. The third-order valence-electron chi connectivity index (χ3n) is 7.61.